The van der Waals surface area contributed by atoms with Crippen molar-refractivity contribution in [3.63, 3.8) is 0 Å². The minimum absolute atomic E-state index is 0.00589. The lowest BCUT2D eigenvalue weighted by atomic mass is 10.1. The zero-order valence-electron chi connectivity index (χ0n) is 16.2. The highest BCUT2D eigenvalue weighted by atomic mass is 19.3. The summed E-state index contributed by atoms with van der Waals surface area (Å²) in [4.78, 5) is 16.2. The number of hydrogen-bond donors (Lipinski definition) is 1. The number of benzene rings is 2. The molecule has 0 bridgehead atoms. The number of amides is 1. The minimum Gasteiger partial charge on any atom is -0.493 e. The molecule has 0 saturated heterocycles. The van der Waals surface area contributed by atoms with Crippen LogP contribution in [0, 0.1) is 0 Å². The molecule has 3 aromatic rings. The van der Waals surface area contributed by atoms with Crippen molar-refractivity contribution in [3.8, 4) is 17.2 Å². The summed E-state index contributed by atoms with van der Waals surface area (Å²) in [6, 6.07) is 14.6. The summed E-state index contributed by atoms with van der Waals surface area (Å²) in [5, 5.41) is 2.77. The fourth-order valence-corrected chi connectivity index (χ4v) is 2.65. The van der Waals surface area contributed by atoms with E-state index in [1.807, 2.05) is 18.2 Å². The Bertz CT molecular complexity index is 967. The molecule has 1 N–H and O–H groups in total. The Hall–Kier alpha value is -3.68. The normalized spacial score (nSPS) is 10.5. The van der Waals surface area contributed by atoms with Crippen molar-refractivity contribution >= 4 is 5.91 Å². The monoisotopic (exact) mass is 414 g/mol. The van der Waals surface area contributed by atoms with Crippen LogP contribution in [0.4, 0.5) is 8.78 Å². The largest absolute Gasteiger partial charge is 0.493 e. The maximum Gasteiger partial charge on any atom is 0.387 e. The molecule has 2 aromatic carbocycles. The Labute approximate surface area is 172 Å². The van der Waals surface area contributed by atoms with Crippen LogP contribution in [-0.2, 0) is 13.2 Å². The quantitative estimate of drug-likeness (QED) is 0.568. The number of nitrogens with one attached hydrogen (secondary N) is 1. The van der Waals surface area contributed by atoms with E-state index < -0.39 is 6.61 Å². The third-order valence-electron chi connectivity index (χ3n) is 4.17. The molecule has 0 aliphatic rings. The van der Waals surface area contributed by atoms with Gasteiger partial charge in [0.15, 0.2) is 11.5 Å². The number of hydrogen-bond acceptors (Lipinski definition) is 5. The first-order valence-electron chi connectivity index (χ1n) is 9.07. The van der Waals surface area contributed by atoms with E-state index in [-0.39, 0.29) is 18.2 Å². The highest BCUT2D eigenvalue weighted by molar-refractivity contribution is 5.94. The second-order valence-electron chi connectivity index (χ2n) is 6.21. The molecule has 0 aliphatic carbocycles. The molecule has 1 amide bonds. The van der Waals surface area contributed by atoms with Crippen molar-refractivity contribution in [2.24, 2.45) is 0 Å². The number of methoxy groups -OCH3 is 1. The predicted octanol–water partition coefficient (Wildman–Crippen LogP) is 4.20. The number of carbonyl (C=O) groups is 1. The van der Waals surface area contributed by atoms with Gasteiger partial charge in [-0.3, -0.25) is 9.78 Å². The Balaban J connectivity index is 1.57. The second kappa shape index (κ2) is 10.2. The topological polar surface area (TPSA) is 69.7 Å². The van der Waals surface area contributed by atoms with Gasteiger partial charge in [-0.15, -0.1) is 0 Å². The summed E-state index contributed by atoms with van der Waals surface area (Å²) in [5.74, 6) is 0.785. The van der Waals surface area contributed by atoms with E-state index in [1.165, 1.54) is 24.3 Å². The minimum atomic E-state index is -2.91. The highest BCUT2D eigenvalue weighted by Crippen LogP contribution is 2.29. The average Bonchev–Trinajstić information content (AvgIpc) is 2.77. The Morgan fingerprint density at radius 1 is 1.00 bits per heavy atom. The fourth-order valence-electron chi connectivity index (χ4n) is 2.65. The standard InChI is InChI=1S/C22H20F2N2O4/c1-28-20-12-16(2-7-19(20)29-14-15-8-10-25-11-9-15)13-26-21(27)17-3-5-18(6-4-17)30-22(23)24/h2-12,22H,13-14H2,1H3,(H,26,27). The first-order chi connectivity index (χ1) is 14.5. The number of pyridine rings is 1. The summed E-state index contributed by atoms with van der Waals surface area (Å²) in [6.07, 6.45) is 3.39. The smallest absolute Gasteiger partial charge is 0.387 e. The van der Waals surface area contributed by atoms with Gasteiger partial charge in [0.2, 0.25) is 0 Å². The molecule has 30 heavy (non-hydrogen) atoms. The van der Waals surface area contributed by atoms with Gasteiger partial charge in [0.05, 0.1) is 7.11 Å². The first kappa shape index (κ1) is 21.0. The number of ether oxygens (including phenoxy) is 3. The molecule has 8 heteroatoms. The molecule has 3 rings (SSSR count). The van der Waals surface area contributed by atoms with Crippen molar-refractivity contribution in [2.45, 2.75) is 19.8 Å². The van der Waals surface area contributed by atoms with Gasteiger partial charge in [-0.1, -0.05) is 6.07 Å². The van der Waals surface area contributed by atoms with Gasteiger partial charge in [-0.25, -0.2) is 0 Å². The number of alkyl halides is 2. The molecule has 1 aromatic heterocycles. The molecule has 0 unspecified atom stereocenters. The number of aromatic nitrogens is 1. The van der Waals surface area contributed by atoms with Crippen LogP contribution in [-0.4, -0.2) is 24.6 Å². The molecule has 0 atom stereocenters. The highest BCUT2D eigenvalue weighted by Gasteiger charge is 2.10. The van der Waals surface area contributed by atoms with Crippen LogP contribution in [0.3, 0.4) is 0 Å². The van der Waals surface area contributed by atoms with E-state index in [4.69, 9.17) is 9.47 Å². The number of nitrogens with zero attached hydrogens (tertiary/aromatic N) is 1. The fraction of sp³-hybridized carbons (Fsp3) is 0.182. The molecule has 0 aliphatic heterocycles. The van der Waals surface area contributed by atoms with Gasteiger partial charge in [-0.2, -0.15) is 8.78 Å². The molecule has 0 saturated carbocycles. The second-order valence-corrected chi connectivity index (χ2v) is 6.21. The van der Waals surface area contributed by atoms with Gasteiger partial charge in [0, 0.05) is 24.5 Å². The summed E-state index contributed by atoms with van der Waals surface area (Å²) >= 11 is 0. The molecule has 0 spiro atoms. The lowest BCUT2D eigenvalue weighted by Gasteiger charge is -2.13. The molecule has 6 nitrogen and oxygen atoms in total. The molecule has 0 fully saturated rings. The maximum absolute atomic E-state index is 12.3. The maximum atomic E-state index is 12.3. The Morgan fingerprint density at radius 3 is 2.40 bits per heavy atom. The van der Waals surface area contributed by atoms with Crippen molar-refractivity contribution in [1.29, 1.82) is 0 Å². The number of halogens is 2. The lowest BCUT2D eigenvalue weighted by Crippen LogP contribution is -2.22. The average molecular weight is 414 g/mol. The van der Waals surface area contributed by atoms with Crippen LogP contribution >= 0.6 is 0 Å². The summed E-state index contributed by atoms with van der Waals surface area (Å²) in [6.45, 7) is -2.27. The predicted molar refractivity (Wildman–Crippen MR) is 106 cm³/mol. The summed E-state index contributed by atoms with van der Waals surface area (Å²) < 4.78 is 39.8. The van der Waals surface area contributed by atoms with Crippen LogP contribution in [0.2, 0.25) is 0 Å². The van der Waals surface area contributed by atoms with Crippen LogP contribution in [0.15, 0.2) is 67.0 Å². The summed E-state index contributed by atoms with van der Waals surface area (Å²) in [7, 11) is 1.54. The van der Waals surface area contributed by atoms with Crippen LogP contribution in [0.25, 0.3) is 0 Å². The van der Waals surface area contributed by atoms with Crippen LogP contribution < -0.4 is 19.5 Å². The van der Waals surface area contributed by atoms with Gasteiger partial charge in [0.1, 0.15) is 12.4 Å². The van der Waals surface area contributed by atoms with E-state index in [1.54, 1.807) is 31.6 Å². The molecular formula is C22H20F2N2O4. The van der Waals surface area contributed by atoms with E-state index in [2.05, 4.69) is 15.0 Å². The van der Waals surface area contributed by atoms with Crippen molar-refractivity contribution in [1.82, 2.24) is 10.3 Å². The molecular weight excluding hydrogens is 394 g/mol. The molecule has 156 valence electrons. The number of rotatable bonds is 9. The lowest BCUT2D eigenvalue weighted by molar-refractivity contribution is -0.0498. The van der Waals surface area contributed by atoms with Crippen LogP contribution in [0.5, 0.6) is 17.2 Å². The van der Waals surface area contributed by atoms with Crippen LogP contribution in [0.1, 0.15) is 21.5 Å². The number of carbonyl (C=O) groups excluding carboxylic acids is 1. The van der Waals surface area contributed by atoms with Gasteiger partial charge in [-0.05, 0) is 59.7 Å². The third-order valence-corrected chi connectivity index (χ3v) is 4.17. The first-order valence-corrected chi connectivity index (χ1v) is 9.07. The van der Waals surface area contributed by atoms with E-state index in [0.717, 1.165) is 11.1 Å². The molecule has 1 heterocycles. The van der Waals surface area contributed by atoms with Gasteiger partial charge < -0.3 is 19.5 Å². The van der Waals surface area contributed by atoms with E-state index >= 15 is 0 Å². The van der Waals surface area contributed by atoms with Crippen molar-refractivity contribution < 1.29 is 27.8 Å². The zero-order valence-corrected chi connectivity index (χ0v) is 16.2. The van der Waals surface area contributed by atoms with Crippen molar-refractivity contribution in [3.05, 3.63) is 83.7 Å². The van der Waals surface area contributed by atoms with E-state index in [0.29, 0.717) is 23.7 Å². The van der Waals surface area contributed by atoms with Gasteiger partial charge >= 0.3 is 6.61 Å². The summed E-state index contributed by atoms with van der Waals surface area (Å²) in [5.41, 5.74) is 2.13. The van der Waals surface area contributed by atoms with Gasteiger partial charge in [0.25, 0.3) is 5.91 Å². The third kappa shape index (κ3) is 5.91. The molecule has 0 radical (unpaired) electrons. The van der Waals surface area contributed by atoms with E-state index in [9.17, 15) is 13.6 Å². The zero-order chi connectivity index (χ0) is 21.3. The van der Waals surface area contributed by atoms with Crippen molar-refractivity contribution in [2.75, 3.05) is 7.11 Å². The Kier molecular flexibility index (Phi) is 7.15. The SMILES string of the molecule is COc1cc(CNC(=O)c2ccc(OC(F)F)cc2)ccc1OCc1ccncc1. The Morgan fingerprint density at radius 2 is 1.73 bits per heavy atom.